The van der Waals surface area contributed by atoms with Gasteiger partial charge in [-0.1, -0.05) is 23.2 Å². The second kappa shape index (κ2) is 4.28. The van der Waals surface area contributed by atoms with Crippen molar-refractivity contribution in [3.8, 4) is 5.69 Å². The normalized spacial score (nSPS) is 10.8. The SMILES string of the molecule is Cc1nn(-c2ccc(Cl)cc2Cl)c(N)c1Br. The van der Waals surface area contributed by atoms with Crippen LogP contribution in [0.5, 0.6) is 0 Å². The number of hydrogen-bond acceptors (Lipinski definition) is 2. The van der Waals surface area contributed by atoms with Gasteiger partial charge in [-0.05, 0) is 41.1 Å². The van der Waals surface area contributed by atoms with Crippen LogP contribution in [-0.2, 0) is 0 Å². The minimum atomic E-state index is 0.509. The van der Waals surface area contributed by atoms with Gasteiger partial charge in [-0.15, -0.1) is 0 Å². The quantitative estimate of drug-likeness (QED) is 0.867. The molecule has 0 atom stereocenters. The van der Waals surface area contributed by atoms with Gasteiger partial charge in [0.2, 0.25) is 0 Å². The van der Waals surface area contributed by atoms with Crippen molar-refractivity contribution in [2.45, 2.75) is 6.92 Å². The van der Waals surface area contributed by atoms with Crippen molar-refractivity contribution in [1.29, 1.82) is 0 Å². The molecular formula is C10H8BrCl2N3. The van der Waals surface area contributed by atoms with E-state index in [2.05, 4.69) is 21.0 Å². The molecule has 1 aromatic heterocycles. The summed E-state index contributed by atoms with van der Waals surface area (Å²) in [5, 5.41) is 5.38. The van der Waals surface area contributed by atoms with E-state index in [1.54, 1.807) is 22.9 Å². The highest BCUT2D eigenvalue weighted by Gasteiger charge is 2.13. The number of benzene rings is 1. The van der Waals surface area contributed by atoms with Gasteiger partial charge < -0.3 is 5.73 Å². The van der Waals surface area contributed by atoms with Gasteiger partial charge in [-0.3, -0.25) is 0 Å². The number of hydrogen-bond donors (Lipinski definition) is 1. The highest BCUT2D eigenvalue weighted by atomic mass is 79.9. The third kappa shape index (κ3) is 1.93. The number of halogens is 3. The summed E-state index contributed by atoms with van der Waals surface area (Å²) in [6.45, 7) is 1.86. The van der Waals surface area contributed by atoms with E-state index in [1.807, 2.05) is 6.92 Å². The third-order valence-corrected chi connectivity index (χ3v) is 3.68. The summed E-state index contributed by atoms with van der Waals surface area (Å²) in [6.07, 6.45) is 0. The van der Waals surface area contributed by atoms with Crippen LogP contribution < -0.4 is 5.73 Å². The highest BCUT2D eigenvalue weighted by Crippen LogP contribution is 2.30. The molecule has 0 unspecified atom stereocenters. The maximum Gasteiger partial charge on any atom is 0.141 e. The number of nitrogens with two attached hydrogens (primary N) is 1. The van der Waals surface area contributed by atoms with E-state index in [0.717, 1.165) is 10.2 Å². The molecule has 1 aromatic carbocycles. The lowest BCUT2D eigenvalue weighted by Gasteiger charge is -2.06. The van der Waals surface area contributed by atoms with Crippen molar-refractivity contribution in [3.05, 3.63) is 38.4 Å². The maximum absolute atomic E-state index is 6.08. The van der Waals surface area contributed by atoms with Crippen molar-refractivity contribution in [2.75, 3.05) is 5.73 Å². The Morgan fingerprint density at radius 1 is 1.38 bits per heavy atom. The zero-order chi connectivity index (χ0) is 11.9. The van der Waals surface area contributed by atoms with Crippen LogP contribution in [0.3, 0.4) is 0 Å². The van der Waals surface area contributed by atoms with Gasteiger partial charge in [-0.25, -0.2) is 4.68 Å². The molecule has 2 rings (SSSR count). The average Bonchev–Trinajstić information content (AvgIpc) is 2.46. The number of nitrogen functional groups attached to an aromatic ring is 1. The Morgan fingerprint density at radius 2 is 2.06 bits per heavy atom. The molecule has 1 heterocycles. The van der Waals surface area contributed by atoms with Crippen LogP contribution in [-0.4, -0.2) is 9.78 Å². The van der Waals surface area contributed by atoms with Crippen LogP contribution in [0.1, 0.15) is 5.69 Å². The minimum absolute atomic E-state index is 0.509. The largest absolute Gasteiger partial charge is 0.383 e. The van der Waals surface area contributed by atoms with Crippen LogP contribution in [0.15, 0.2) is 22.7 Å². The minimum Gasteiger partial charge on any atom is -0.383 e. The lowest BCUT2D eigenvalue weighted by atomic mass is 10.3. The van der Waals surface area contributed by atoms with Gasteiger partial charge in [-0.2, -0.15) is 5.10 Å². The van der Waals surface area contributed by atoms with Crippen molar-refractivity contribution >= 4 is 44.9 Å². The predicted molar refractivity (Wildman–Crippen MR) is 70.4 cm³/mol. The van der Waals surface area contributed by atoms with E-state index in [1.165, 1.54) is 0 Å². The summed E-state index contributed by atoms with van der Waals surface area (Å²) in [5.74, 6) is 0.515. The Bertz CT molecular complexity index is 551. The second-order valence-electron chi connectivity index (χ2n) is 3.29. The second-order valence-corrected chi connectivity index (χ2v) is 4.93. The van der Waals surface area contributed by atoms with E-state index in [9.17, 15) is 0 Å². The molecule has 0 fully saturated rings. The molecule has 3 nitrogen and oxygen atoms in total. The smallest absolute Gasteiger partial charge is 0.141 e. The Morgan fingerprint density at radius 3 is 2.56 bits per heavy atom. The van der Waals surface area contributed by atoms with Crippen molar-refractivity contribution in [1.82, 2.24) is 9.78 Å². The summed E-state index contributed by atoms with van der Waals surface area (Å²) in [7, 11) is 0. The number of aryl methyl sites for hydroxylation is 1. The topological polar surface area (TPSA) is 43.8 Å². The maximum atomic E-state index is 6.08. The zero-order valence-electron chi connectivity index (χ0n) is 8.34. The van der Waals surface area contributed by atoms with Gasteiger partial charge >= 0.3 is 0 Å². The van der Waals surface area contributed by atoms with E-state index in [4.69, 9.17) is 28.9 Å². The Hall–Kier alpha value is -0.710. The molecular weight excluding hydrogens is 313 g/mol. The van der Waals surface area contributed by atoms with Gasteiger partial charge in [0.25, 0.3) is 0 Å². The molecule has 16 heavy (non-hydrogen) atoms. The Labute approximate surface area is 111 Å². The predicted octanol–water partition coefficient (Wildman–Crippen LogP) is 3.83. The molecule has 0 aliphatic carbocycles. The molecule has 0 radical (unpaired) electrons. The van der Waals surface area contributed by atoms with E-state index in [0.29, 0.717) is 21.6 Å². The van der Waals surface area contributed by atoms with Gasteiger partial charge in [0.15, 0.2) is 0 Å². The van der Waals surface area contributed by atoms with E-state index >= 15 is 0 Å². The van der Waals surface area contributed by atoms with Crippen LogP contribution in [0.25, 0.3) is 5.69 Å². The Kier molecular flexibility index (Phi) is 3.15. The summed E-state index contributed by atoms with van der Waals surface area (Å²) < 4.78 is 2.36. The number of nitrogens with zero attached hydrogens (tertiary/aromatic N) is 2. The average molecular weight is 321 g/mol. The number of aromatic nitrogens is 2. The van der Waals surface area contributed by atoms with E-state index in [-0.39, 0.29) is 0 Å². The first-order chi connectivity index (χ1) is 7.50. The fourth-order valence-corrected chi connectivity index (χ4v) is 2.10. The van der Waals surface area contributed by atoms with Crippen LogP contribution in [0, 0.1) is 6.92 Å². The number of anilines is 1. The standard InChI is InChI=1S/C10H8BrCl2N3/c1-5-9(11)10(14)16(15-5)8-3-2-6(12)4-7(8)13/h2-4H,14H2,1H3. The molecule has 0 amide bonds. The van der Waals surface area contributed by atoms with Crippen molar-refractivity contribution < 1.29 is 0 Å². The first-order valence-electron chi connectivity index (χ1n) is 4.46. The summed E-state index contributed by atoms with van der Waals surface area (Å²) in [6, 6.07) is 5.18. The van der Waals surface area contributed by atoms with Crippen LogP contribution >= 0.6 is 39.1 Å². The lowest BCUT2D eigenvalue weighted by molar-refractivity contribution is 0.872. The third-order valence-electron chi connectivity index (χ3n) is 2.16. The van der Waals surface area contributed by atoms with Gasteiger partial charge in [0.1, 0.15) is 5.82 Å². The fraction of sp³-hybridized carbons (Fsp3) is 0.100. The molecule has 2 aromatic rings. The van der Waals surface area contributed by atoms with E-state index < -0.39 is 0 Å². The molecule has 6 heteroatoms. The fourth-order valence-electron chi connectivity index (χ4n) is 1.36. The van der Waals surface area contributed by atoms with Crippen LogP contribution in [0.4, 0.5) is 5.82 Å². The summed E-state index contributed by atoms with van der Waals surface area (Å²) in [5.41, 5.74) is 7.42. The number of rotatable bonds is 1. The lowest BCUT2D eigenvalue weighted by Crippen LogP contribution is -2.02. The molecule has 0 aliphatic heterocycles. The van der Waals surface area contributed by atoms with Crippen molar-refractivity contribution in [2.24, 2.45) is 0 Å². The molecule has 84 valence electrons. The van der Waals surface area contributed by atoms with Crippen LogP contribution in [0.2, 0.25) is 10.0 Å². The monoisotopic (exact) mass is 319 g/mol. The highest BCUT2D eigenvalue weighted by molar-refractivity contribution is 9.10. The molecule has 0 spiro atoms. The zero-order valence-corrected chi connectivity index (χ0v) is 11.4. The molecule has 0 saturated carbocycles. The molecule has 0 bridgehead atoms. The first kappa shape index (κ1) is 11.8. The first-order valence-corrected chi connectivity index (χ1v) is 6.01. The van der Waals surface area contributed by atoms with Gasteiger partial charge in [0.05, 0.1) is 20.9 Å². The summed E-state index contributed by atoms with van der Waals surface area (Å²) >= 11 is 15.3. The molecule has 2 N–H and O–H groups in total. The Balaban J connectivity index is 2.63. The molecule has 0 saturated heterocycles. The summed E-state index contributed by atoms with van der Waals surface area (Å²) in [4.78, 5) is 0. The molecule has 0 aliphatic rings. The van der Waals surface area contributed by atoms with Crippen molar-refractivity contribution in [3.63, 3.8) is 0 Å². The van der Waals surface area contributed by atoms with Gasteiger partial charge in [0, 0.05) is 5.02 Å².